The average Bonchev–Trinajstić information content (AvgIpc) is 2.73. The molecular weight excluding hydrogens is 419 g/mol. The molecule has 168 valence electrons. The summed E-state index contributed by atoms with van der Waals surface area (Å²) in [6.07, 6.45) is 14.8. The molecule has 0 unspecified atom stereocenters. The third-order valence-electron chi connectivity index (χ3n) is 5.13. The van der Waals surface area contributed by atoms with Crippen LogP contribution in [0.3, 0.4) is 0 Å². The lowest BCUT2D eigenvalue weighted by Crippen LogP contribution is -2.09. The number of rotatable bonds is 16. The Kier molecular flexibility index (Phi) is 12.1. The summed E-state index contributed by atoms with van der Waals surface area (Å²) < 4.78 is 0. The fourth-order valence-electron chi connectivity index (χ4n) is 3.43. The Balaban J connectivity index is 1.96. The fourth-order valence-corrected chi connectivity index (χ4v) is 3.77. The van der Waals surface area contributed by atoms with Crippen LogP contribution in [-0.4, -0.2) is 33.0 Å². The van der Waals surface area contributed by atoms with Crippen molar-refractivity contribution in [2.24, 2.45) is 0 Å². The van der Waals surface area contributed by atoms with Crippen LogP contribution >= 0.6 is 23.2 Å². The van der Waals surface area contributed by atoms with Crippen LogP contribution in [0.25, 0.3) is 11.0 Å². The van der Waals surface area contributed by atoms with E-state index in [-0.39, 0.29) is 10.6 Å². The Hall–Kier alpha value is -1.40. The average molecular weight is 455 g/mol. The maximum Gasteiger partial charge on any atom is 0.225 e. The fraction of sp³-hybridized carbons (Fsp3) is 0.727. The lowest BCUT2D eigenvalue weighted by molar-refractivity contribution is 0.616. The molecule has 2 aromatic rings. The molecule has 6 nitrogen and oxygen atoms in total. The lowest BCUT2D eigenvalue weighted by atomic mass is 10.1. The number of fused-ring (bicyclic) bond motifs is 1. The van der Waals surface area contributed by atoms with E-state index in [9.17, 15) is 0 Å². The molecule has 2 heterocycles. The second-order valence-electron chi connectivity index (χ2n) is 7.77. The second-order valence-corrected chi connectivity index (χ2v) is 8.44. The lowest BCUT2D eigenvalue weighted by Gasteiger charge is -2.12. The molecule has 30 heavy (non-hydrogen) atoms. The van der Waals surface area contributed by atoms with Crippen molar-refractivity contribution < 1.29 is 0 Å². The molecule has 0 aromatic carbocycles. The second kappa shape index (κ2) is 14.6. The van der Waals surface area contributed by atoms with E-state index in [0.29, 0.717) is 22.7 Å². The molecule has 2 rings (SSSR count). The molecule has 0 fully saturated rings. The molecule has 8 heteroatoms. The van der Waals surface area contributed by atoms with E-state index in [1.807, 2.05) is 0 Å². The maximum atomic E-state index is 6.19. The molecule has 2 N–H and O–H groups in total. The molecule has 0 saturated heterocycles. The Morgan fingerprint density at radius 1 is 0.533 bits per heavy atom. The first-order chi connectivity index (χ1) is 14.7. The minimum Gasteiger partial charge on any atom is -0.368 e. The van der Waals surface area contributed by atoms with Gasteiger partial charge >= 0.3 is 0 Å². The number of hydrogen-bond acceptors (Lipinski definition) is 6. The number of hydrogen-bond donors (Lipinski definition) is 2. The van der Waals surface area contributed by atoms with Gasteiger partial charge in [0.1, 0.15) is 11.0 Å². The third-order valence-corrected chi connectivity index (χ3v) is 5.47. The minimum atomic E-state index is 0.182. The summed E-state index contributed by atoms with van der Waals surface area (Å²) >= 11 is 12.4. The van der Waals surface area contributed by atoms with Crippen LogP contribution in [0.2, 0.25) is 10.6 Å². The van der Waals surface area contributed by atoms with Gasteiger partial charge in [0.15, 0.2) is 11.6 Å². The van der Waals surface area contributed by atoms with Crippen molar-refractivity contribution in [3.63, 3.8) is 0 Å². The van der Waals surface area contributed by atoms with Gasteiger partial charge in [-0.1, -0.05) is 78.1 Å². The highest BCUT2D eigenvalue weighted by atomic mass is 35.5. The van der Waals surface area contributed by atoms with Gasteiger partial charge < -0.3 is 10.6 Å². The number of anilines is 2. The van der Waals surface area contributed by atoms with Crippen molar-refractivity contribution in [2.75, 3.05) is 23.7 Å². The van der Waals surface area contributed by atoms with Crippen LogP contribution in [0.15, 0.2) is 0 Å². The molecular formula is C22H36Cl2N6. The van der Waals surface area contributed by atoms with E-state index in [1.54, 1.807) is 0 Å². The van der Waals surface area contributed by atoms with Crippen LogP contribution in [0, 0.1) is 0 Å². The van der Waals surface area contributed by atoms with E-state index in [2.05, 4.69) is 44.4 Å². The Bertz CT molecular complexity index is 693. The normalized spacial score (nSPS) is 11.2. The summed E-state index contributed by atoms with van der Waals surface area (Å²) in [5, 5.41) is 7.08. The SMILES string of the molecule is CCCCCCCCNc1nc(Cl)nc2c(NCCCCCCCC)nc(Cl)nc12. The topological polar surface area (TPSA) is 75.6 Å². The molecule has 2 aromatic heterocycles. The maximum absolute atomic E-state index is 6.19. The quantitative estimate of drug-likeness (QED) is 0.205. The minimum absolute atomic E-state index is 0.182. The molecule has 0 atom stereocenters. The smallest absolute Gasteiger partial charge is 0.225 e. The molecule has 0 amide bonds. The summed E-state index contributed by atoms with van der Waals surface area (Å²) in [5.74, 6) is 1.23. The highest BCUT2D eigenvalue weighted by Gasteiger charge is 2.14. The van der Waals surface area contributed by atoms with E-state index in [4.69, 9.17) is 23.2 Å². The first-order valence-electron chi connectivity index (χ1n) is 11.5. The highest BCUT2D eigenvalue weighted by molar-refractivity contribution is 6.30. The largest absolute Gasteiger partial charge is 0.368 e. The predicted octanol–water partition coefficient (Wildman–Crippen LogP) is 7.27. The Morgan fingerprint density at radius 2 is 0.900 bits per heavy atom. The third kappa shape index (κ3) is 8.76. The molecule has 0 saturated carbocycles. The summed E-state index contributed by atoms with van der Waals surface area (Å²) in [6.45, 7) is 6.10. The van der Waals surface area contributed by atoms with Gasteiger partial charge in [-0.3, -0.25) is 0 Å². The van der Waals surface area contributed by atoms with Gasteiger partial charge in [-0.25, -0.2) is 9.97 Å². The summed E-state index contributed by atoms with van der Waals surface area (Å²) in [7, 11) is 0. The predicted molar refractivity (Wildman–Crippen MR) is 129 cm³/mol. The van der Waals surface area contributed by atoms with Crippen LogP contribution in [0.5, 0.6) is 0 Å². The van der Waals surface area contributed by atoms with Crippen molar-refractivity contribution in [3.05, 3.63) is 10.6 Å². The zero-order valence-electron chi connectivity index (χ0n) is 18.4. The van der Waals surface area contributed by atoms with E-state index in [0.717, 1.165) is 25.9 Å². The standard InChI is InChI=1S/C22H36Cl2N6/c1-3-5-7-9-11-13-15-25-19-17-18(28-21(23)29-19)20(30-22(24)27-17)26-16-14-12-10-8-6-4-2/h3-16H2,1-2H3,(H,25,28,29)(H,26,27,30). The Morgan fingerprint density at radius 3 is 1.30 bits per heavy atom. The molecule has 0 spiro atoms. The van der Waals surface area contributed by atoms with Gasteiger partial charge in [-0.05, 0) is 36.0 Å². The van der Waals surface area contributed by atoms with Crippen LogP contribution in [-0.2, 0) is 0 Å². The van der Waals surface area contributed by atoms with E-state index < -0.39 is 0 Å². The van der Waals surface area contributed by atoms with Gasteiger partial charge in [0, 0.05) is 13.1 Å². The number of nitrogens with one attached hydrogen (secondary N) is 2. The van der Waals surface area contributed by atoms with Crippen molar-refractivity contribution in [1.29, 1.82) is 0 Å². The number of unbranched alkanes of at least 4 members (excludes halogenated alkanes) is 10. The Labute approximate surface area is 191 Å². The first-order valence-corrected chi connectivity index (χ1v) is 12.3. The monoisotopic (exact) mass is 454 g/mol. The van der Waals surface area contributed by atoms with Crippen LogP contribution in [0.4, 0.5) is 11.6 Å². The molecule has 0 bridgehead atoms. The molecule has 0 radical (unpaired) electrons. The number of halogens is 2. The number of aromatic nitrogens is 4. The molecule has 0 aliphatic rings. The van der Waals surface area contributed by atoms with Crippen LogP contribution in [0.1, 0.15) is 90.9 Å². The first kappa shape index (κ1) is 24.9. The van der Waals surface area contributed by atoms with Gasteiger partial charge in [0.25, 0.3) is 0 Å². The molecule has 0 aliphatic heterocycles. The molecule has 0 aliphatic carbocycles. The summed E-state index contributed by atoms with van der Waals surface area (Å²) in [6, 6.07) is 0. The van der Waals surface area contributed by atoms with Crippen molar-refractivity contribution in [3.8, 4) is 0 Å². The summed E-state index contributed by atoms with van der Waals surface area (Å²) in [4.78, 5) is 17.4. The van der Waals surface area contributed by atoms with Crippen molar-refractivity contribution in [2.45, 2.75) is 90.9 Å². The zero-order valence-corrected chi connectivity index (χ0v) is 20.0. The zero-order chi connectivity index (χ0) is 21.6. The van der Waals surface area contributed by atoms with Crippen molar-refractivity contribution in [1.82, 2.24) is 19.9 Å². The van der Waals surface area contributed by atoms with Crippen LogP contribution < -0.4 is 10.6 Å². The highest BCUT2D eigenvalue weighted by Crippen LogP contribution is 2.27. The van der Waals surface area contributed by atoms with Crippen molar-refractivity contribution >= 4 is 45.9 Å². The van der Waals surface area contributed by atoms with E-state index in [1.165, 1.54) is 64.2 Å². The van der Waals surface area contributed by atoms with Gasteiger partial charge in [-0.15, -0.1) is 0 Å². The number of nitrogens with zero attached hydrogens (tertiary/aromatic N) is 4. The van der Waals surface area contributed by atoms with Gasteiger partial charge in [-0.2, -0.15) is 9.97 Å². The summed E-state index contributed by atoms with van der Waals surface area (Å²) in [5.41, 5.74) is 1.21. The van der Waals surface area contributed by atoms with Gasteiger partial charge in [0.05, 0.1) is 0 Å². The van der Waals surface area contributed by atoms with E-state index >= 15 is 0 Å². The van der Waals surface area contributed by atoms with Gasteiger partial charge in [0.2, 0.25) is 10.6 Å².